The molecule has 108 valence electrons. The Labute approximate surface area is 122 Å². The van der Waals surface area contributed by atoms with Gasteiger partial charge in [-0.3, -0.25) is 4.79 Å². The maximum atomic E-state index is 11.7. The Morgan fingerprint density at radius 2 is 2.10 bits per heavy atom. The first-order chi connectivity index (χ1) is 10.2. The maximum Gasteiger partial charge on any atom is 0.310 e. The van der Waals surface area contributed by atoms with E-state index in [4.69, 9.17) is 13.9 Å². The fraction of sp³-hybridized carbons (Fsp3) is 0.235. The third kappa shape index (κ3) is 2.44. The van der Waals surface area contributed by atoms with E-state index in [1.54, 1.807) is 20.3 Å². The number of methoxy groups -OCH3 is 1. The summed E-state index contributed by atoms with van der Waals surface area (Å²) in [6.07, 6.45) is 1.84. The number of furan rings is 1. The molecule has 0 fully saturated rings. The molecule has 1 aromatic heterocycles. The summed E-state index contributed by atoms with van der Waals surface area (Å²) in [6, 6.07) is 9.75. The van der Waals surface area contributed by atoms with E-state index >= 15 is 0 Å². The van der Waals surface area contributed by atoms with Crippen molar-refractivity contribution in [2.45, 2.75) is 13.3 Å². The van der Waals surface area contributed by atoms with E-state index in [1.165, 1.54) is 0 Å². The topological polar surface area (TPSA) is 48.7 Å². The van der Waals surface area contributed by atoms with Crippen molar-refractivity contribution in [1.29, 1.82) is 0 Å². The predicted octanol–water partition coefficient (Wildman–Crippen LogP) is 3.70. The number of fused-ring (bicyclic) bond motifs is 3. The van der Waals surface area contributed by atoms with Gasteiger partial charge in [0.05, 0.1) is 26.4 Å². The molecule has 0 N–H and O–H groups in total. The minimum absolute atomic E-state index is 0.214. The average molecular weight is 284 g/mol. The molecule has 0 unspecified atom stereocenters. The number of carbonyl (C=O) groups excluding carboxylic acids is 1. The lowest BCUT2D eigenvalue weighted by Gasteiger charge is -2.05. The van der Waals surface area contributed by atoms with E-state index in [2.05, 4.69) is 0 Å². The van der Waals surface area contributed by atoms with Crippen molar-refractivity contribution in [3.05, 3.63) is 42.2 Å². The van der Waals surface area contributed by atoms with Crippen LogP contribution < -0.4 is 4.74 Å². The van der Waals surface area contributed by atoms with Gasteiger partial charge < -0.3 is 13.9 Å². The fourth-order valence-corrected chi connectivity index (χ4v) is 2.54. The molecule has 0 bridgehead atoms. The molecule has 0 saturated carbocycles. The summed E-state index contributed by atoms with van der Waals surface area (Å²) in [5, 5.41) is 3.05. The van der Waals surface area contributed by atoms with Crippen LogP contribution in [0.5, 0.6) is 5.75 Å². The van der Waals surface area contributed by atoms with Gasteiger partial charge in [-0.05, 0) is 42.0 Å². The average Bonchev–Trinajstić information content (AvgIpc) is 2.90. The van der Waals surface area contributed by atoms with Crippen LogP contribution in [0.3, 0.4) is 0 Å². The standard InChI is InChI=1S/C17H16O4/c1-3-20-16(18)9-12-10-21-15-7-4-11-8-13(19-2)5-6-14(11)17(12)15/h4-8,10H,3,9H2,1-2H3. The smallest absolute Gasteiger partial charge is 0.310 e. The summed E-state index contributed by atoms with van der Waals surface area (Å²) in [6.45, 7) is 2.18. The Morgan fingerprint density at radius 3 is 2.86 bits per heavy atom. The Hall–Kier alpha value is -2.49. The van der Waals surface area contributed by atoms with E-state index in [9.17, 15) is 4.79 Å². The highest BCUT2D eigenvalue weighted by Crippen LogP contribution is 2.32. The monoisotopic (exact) mass is 284 g/mol. The Kier molecular flexibility index (Phi) is 3.52. The molecule has 3 rings (SSSR count). The molecule has 4 nitrogen and oxygen atoms in total. The van der Waals surface area contributed by atoms with Gasteiger partial charge >= 0.3 is 5.97 Å². The van der Waals surface area contributed by atoms with Gasteiger partial charge in [0.15, 0.2) is 0 Å². The second-order valence-corrected chi connectivity index (χ2v) is 4.77. The van der Waals surface area contributed by atoms with Crippen LogP contribution in [0, 0.1) is 0 Å². The van der Waals surface area contributed by atoms with Crippen molar-refractivity contribution in [2.24, 2.45) is 0 Å². The van der Waals surface area contributed by atoms with Crippen molar-refractivity contribution in [3.8, 4) is 5.75 Å². The molecular weight excluding hydrogens is 268 g/mol. The minimum atomic E-state index is -0.245. The highest BCUT2D eigenvalue weighted by atomic mass is 16.5. The summed E-state index contributed by atoms with van der Waals surface area (Å²) in [5.41, 5.74) is 1.62. The zero-order valence-corrected chi connectivity index (χ0v) is 12.0. The molecule has 3 aromatic rings. The van der Waals surface area contributed by atoms with Crippen LogP contribution in [0.15, 0.2) is 41.0 Å². The van der Waals surface area contributed by atoms with E-state index < -0.39 is 0 Å². The summed E-state index contributed by atoms with van der Waals surface area (Å²) >= 11 is 0. The van der Waals surface area contributed by atoms with E-state index in [1.807, 2.05) is 30.3 Å². The largest absolute Gasteiger partial charge is 0.497 e. The first kappa shape index (κ1) is 13.5. The third-order valence-electron chi connectivity index (χ3n) is 3.48. The van der Waals surface area contributed by atoms with Gasteiger partial charge in [-0.25, -0.2) is 0 Å². The molecule has 21 heavy (non-hydrogen) atoms. The van der Waals surface area contributed by atoms with Crippen LogP contribution in [-0.4, -0.2) is 19.7 Å². The molecule has 0 spiro atoms. The van der Waals surface area contributed by atoms with Crippen LogP contribution in [0.25, 0.3) is 21.7 Å². The zero-order chi connectivity index (χ0) is 14.8. The molecule has 0 aliphatic heterocycles. The lowest BCUT2D eigenvalue weighted by Crippen LogP contribution is -2.06. The van der Waals surface area contributed by atoms with Crippen LogP contribution in [0.4, 0.5) is 0 Å². The van der Waals surface area contributed by atoms with Crippen molar-refractivity contribution in [3.63, 3.8) is 0 Å². The Morgan fingerprint density at radius 1 is 1.24 bits per heavy atom. The number of esters is 1. The maximum absolute atomic E-state index is 11.7. The van der Waals surface area contributed by atoms with Crippen LogP contribution >= 0.6 is 0 Å². The molecule has 0 amide bonds. The highest BCUT2D eigenvalue weighted by Gasteiger charge is 2.14. The molecular formula is C17H16O4. The van der Waals surface area contributed by atoms with Gasteiger partial charge in [-0.1, -0.05) is 6.07 Å². The molecule has 4 heteroatoms. The molecule has 0 aliphatic carbocycles. The zero-order valence-electron chi connectivity index (χ0n) is 12.0. The van der Waals surface area contributed by atoms with Crippen molar-refractivity contribution >= 4 is 27.7 Å². The summed E-state index contributed by atoms with van der Waals surface area (Å²) in [5.74, 6) is 0.558. The summed E-state index contributed by atoms with van der Waals surface area (Å²) in [7, 11) is 1.64. The van der Waals surface area contributed by atoms with E-state index in [0.29, 0.717) is 6.61 Å². The van der Waals surface area contributed by atoms with Gasteiger partial charge in [0.1, 0.15) is 11.3 Å². The summed E-state index contributed by atoms with van der Waals surface area (Å²) in [4.78, 5) is 11.7. The van der Waals surface area contributed by atoms with Crippen molar-refractivity contribution < 1.29 is 18.7 Å². The van der Waals surface area contributed by atoms with Gasteiger partial charge in [0.2, 0.25) is 0 Å². The fourth-order valence-electron chi connectivity index (χ4n) is 2.54. The van der Waals surface area contributed by atoms with Crippen LogP contribution in [0.1, 0.15) is 12.5 Å². The molecule has 0 atom stereocenters. The molecule has 1 heterocycles. The third-order valence-corrected chi connectivity index (χ3v) is 3.48. The minimum Gasteiger partial charge on any atom is -0.497 e. The number of rotatable bonds is 4. The number of hydrogen-bond acceptors (Lipinski definition) is 4. The first-order valence-corrected chi connectivity index (χ1v) is 6.85. The molecule has 0 radical (unpaired) electrons. The Bertz CT molecular complexity index is 801. The van der Waals surface area contributed by atoms with E-state index in [0.717, 1.165) is 33.1 Å². The number of carbonyl (C=O) groups is 1. The normalized spacial score (nSPS) is 11.0. The number of hydrogen-bond donors (Lipinski definition) is 0. The van der Waals surface area contributed by atoms with Crippen LogP contribution in [0.2, 0.25) is 0 Å². The van der Waals surface area contributed by atoms with E-state index in [-0.39, 0.29) is 12.4 Å². The summed E-state index contributed by atoms with van der Waals surface area (Å²) < 4.78 is 15.8. The highest BCUT2D eigenvalue weighted by molar-refractivity contribution is 6.08. The second-order valence-electron chi connectivity index (χ2n) is 4.77. The van der Waals surface area contributed by atoms with Gasteiger partial charge in [-0.15, -0.1) is 0 Å². The Balaban J connectivity index is 2.13. The SMILES string of the molecule is CCOC(=O)Cc1coc2ccc3cc(OC)ccc3c12. The number of benzene rings is 2. The lowest BCUT2D eigenvalue weighted by atomic mass is 10.0. The van der Waals surface area contributed by atoms with Gasteiger partial charge in [0.25, 0.3) is 0 Å². The van der Waals surface area contributed by atoms with Crippen molar-refractivity contribution in [1.82, 2.24) is 0 Å². The predicted molar refractivity (Wildman–Crippen MR) is 80.6 cm³/mol. The van der Waals surface area contributed by atoms with Gasteiger partial charge in [0, 0.05) is 10.9 Å². The molecule has 2 aromatic carbocycles. The van der Waals surface area contributed by atoms with Crippen molar-refractivity contribution in [2.75, 3.05) is 13.7 Å². The molecule has 0 aliphatic rings. The quantitative estimate of drug-likeness (QED) is 0.685. The van der Waals surface area contributed by atoms with Gasteiger partial charge in [-0.2, -0.15) is 0 Å². The number of ether oxygens (including phenoxy) is 2. The van der Waals surface area contributed by atoms with Crippen LogP contribution in [-0.2, 0) is 16.0 Å². The second kappa shape index (κ2) is 5.48. The molecule has 0 saturated heterocycles. The first-order valence-electron chi connectivity index (χ1n) is 6.85. The lowest BCUT2D eigenvalue weighted by molar-refractivity contribution is -0.142.